The van der Waals surface area contributed by atoms with Gasteiger partial charge in [-0.15, -0.1) is 0 Å². The summed E-state index contributed by atoms with van der Waals surface area (Å²) >= 11 is 0. The number of ether oxygens (including phenoxy) is 1. The van der Waals surface area contributed by atoms with Gasteiger partial charge in [-0.1, -0.05) is 54.6 Å². The molecule has 36 heavy (non-hydrogen) atoms. The number of fused-ring (bicyclic) bond motifs is 1. The van der Waals surface area contributed by atoms with Crippen molar-refractivity contribution in [3.63, 3.8) is 0 Å². The fourth-order valence-corrected chi connectivity index (χ4v) is 5.05. The molecule has 6 heteroatoms. The van der Waals surface area contributed by atoms with Gasteiger partial charge in [0, 0.05) is 25.1 Å². The quantitative estimate of drug-likeness (QED) is 0.371. The average molecular weight is 480 g/mol. The summed E-state index contributed by atoms with van der Waals surface area (Å²) < 4.78 is 19.0. The molecule has 1 unspecified atom stereocenters. The zero-order valence-electron chi connectivity index (χ0n) is 19.8. The van der Waals surface area contributed by atoms with Crippen molar-refractivity contribution in [3.8, 4) is 0 Å². The van der Waals surface area contributed by atoms with E-state index in [1.165, 1.54) is 28.5 Å². The highest BCUT2D eigenvalue weighted by Crippen LogP contribution is 2.39. The summed E-state index contributed by atoms with van der Waals surface area (Å²) in [5.74, 6) is -0.243. The molecule has 1 fully saturated rings. The number of benzene rings is 4. The van der Waals surface area contributed by atoms with Crippen molar-refractivity contribution in [2.45, 2.75) is 12.5 Å². The number of hydrogen-bond acceptors (Lipinski definition) is 4. The summed E-state index contributed by atoms with van der Waals surface area (Å²) in [7, 11) is 0. The molecule has 0 aromatic heterocycles. The third-order valence-electron chi connectivity index (χ3n) is 6.95. The first-order chi connectivity index (χ1) is 17.7. The van der Waals surface area contributed by atoms with Crippen LogP contribution in [0.1, 0.15) is 33.9 Å². The Labute approximate surface area is 209 Å². The Kier molecular flexibility index (Phi) is 5.95. The van der Waals surface area contributed by atoms with Crippen LogP contribution in [0, 0.1) is 5.82 Å². The summed E-state index contributed by atoms with van der Waals surface area (Å²) in [4.78, 5) is 14.8. The maximum absolute atomic E-state index is 13.6. The van der Waals surface area contributed by atoms with Crippen molar-refractivity contribution in [2.24, 2.45) is 5.10 Å². The van der Waals surface area contributed by atoms with Crippen LogP contribution in [0.5, 0.6) is 0 Å². The van der Waals surface area contributed by atoms with E-state index in [0.29, 0.717) is 38.3 Å². The van der Waals surface area contributed by atoms with Crippen molar-refractivity contribution in [1.29, 1.82) is 0 Å². The molecule has 2 heterocycles. The van der Waals surface area contributed by atoms with Crippen LogP contribution >= 0.6 is 0 Å². The minimum absolute atomic E-state index is 0.0207. The Hall–Kier alpha value is -4.03. The number of morpholine rings is 1. The first kappa shape index (κ1) is 22.4. The molecular weight excluding hydrogens is 453 g/mol. The molecule has 4 aromatic carbocycles. The summed E-state index contributed by atoms with van der Waals surface area (Å²) in [5.41, 5.74) is 4.56. The van der Waals surface area contributed by atoms with Crippen molar-refractivity contribution >= 4 is 28.1 Å². The van der Waals surface area contributed by atoms with Gasteiger partial charge < -0.3 is 9.64 Å². The minimum atomic E-state index is -0.264. The standard InChI is InChI=1S/C30H26FN3O2/c31-24-12-8-22(9-13-24)28-20-29(27-7-3-5-21-4-1-2-6-26(21)27)34(32-28)25-14-10-23(11-15-25)30(35)33-16-18-36-19-17-33/h1-15,29H,16-20H2. The fourth-order valence-electron chi connectivity index (χ4n) is 5.05. The predicted molar refractivity (Wildman–Crippen MR) is 140 cm³/mol. The Balaban J connectivity index is 1.37. The highest BCUT2D eigenvalue weighted by atomic mass is 19.1. The van der Waals surface area contributed by atoms with Gasteiger partial charge in [0.2, 0.25) is 0 Å². The molecule has 2 aliphatic rings. The van der Waals surface area contributed by atoms with Crippen LogP contribution in [-0.2, 0) is 4.74 Å². The maximum atomic E-state index is 13.6. The molecule has 1 amide bonds. The van der Waals surface area contributed by atoms with Crippen LogP contribution in [0.15, 0.2) is 96.1 Å². The Morgan fingerprint density at radius 1 is 0.861 bits per heavy atom. The normalized spacial score (nSPS) is 17.9. The Morgan fingerprint density at radius 3 is 2.36 bits per heavy atom. The fraction of sp³-hybridized carbons (Fsp3) is 0.200. The van der Waals surface area contributed by atoms with E-state index in [1.807, 2.05) is 40.2 Å². The van der Waals surface area contributed by atoms with E-state index < -0.39 is 0 Å². The second-order valence-corrected chi connectivity index (χ2v) is 9.14. The molecule has 0 spiro atoms. The number of rotatable bonds is 4. The van der Waals surface area contributed by atoms with Gasteiger partial charge in [0.25, 0.3) is 5.91 Å². The number of hydrogen-bond donors (Lipinski definition) is 0. The smallest absolute Gasteiger partial charge is 0.254 e. The van der Waals surface area contributed by atoms with Crippen molar-refractivity contribution in [2.75, 3.05) is 31.3 Å². The molecule has 0 aliphatic carbocycles. The summed E-state index contributed by atoms with van der Waals surface area (Å²) in [6.07, 6.45) is 0.689. The zero-order valence-corrected chi connectivity index (χ0v) is 19.8. The molecule has 0 radical (unpaired) electrons. The molecule has 6 rings (SSSR count). The van der Waals surface area contributed by atoms with E-state index in [0.717, 1.165) is 17.0 Å². The van der Waals surface area contributed by atoms with Crippen LogP contribution in [0.3, 0.4) is 0 Å². The highest BCUT2D eigenvalue weighted by molar-refractivity contribution is 6.04. The summed E-state index contributed by atoms with van der Waals surface area (Å²) in [6, 6.07) is 28.8. The molecule has 4 aromatic rings. The van der Waals surface area contributed by atoms with Gasteiger partial charge in [-0.25, -0.2) is 4.39 Å². The number of anilines is 1. The zero-order chi connectivity index (χ0) is 24.5. The molecular formula is C30H26FN3O2. The molecule has 0 saturated carbocycles. The molecule has 1 atom stereocenters. The van der Waals surface area contributed by atoms with E-state index in [4.69, 9.17) is 9.84 Å². The van der Waals surface area contributed by atoms with Crippen molar-refractivity contribution in [3.05, 3.63) is 114 Å². The maximum Gasteiger partial charge on any atom is 0.254 e. The van der Waals surface area contributed by atoms with Crippen molar-refractivity contribution in [1.82, 2.24) is 4.90 Å². The largest absolute Gasteiger partial charge is 0.378 e. The second kappa shape index (κ2) is 9.55. The summed E-state index contributed by atoms with van der Waals surface area (Å²) in [6.45, 7) is 2.37. The number of carbonyl (C=O) groups is 1. The van der Waals surface area contributed by atoms with Gasteiger partial charge in [0.05, 0.1) is 30.7 Å². The average Bonchev–Trinajstić information content (AvgIpc) is 3.38. The van der Waals surface area contributed by atoms with Gasteiger partial charge >= 0.3 is 0 Å². The van der Waals surface area contributed by atoms with Crippen LogP contribution in [0.2, 0.25) is 0 Å². The van der Waals surface area contributed by atoms with E-state index in [-0.39, 0.29) is 17.8 Å². The molecule has 2 aliphatic heterocycles. The van der Waals surface area contributed by atoms with Crippen molar-refractivity contribution < 1.29 is 13.9 Å². The number of amides is 1. The van der Waals surface area contributed by atoms with Gasteiger partial charge in [-0.2, -0.15) is 5.10 Å². The monoisotopic (exact) mass is 479 g/mol. The highest BCUT2D eigenvalue weighted by Gasteiger charge is 2.31. The minimum Gasteiger partial charge on any atom is -0.378 e. The third-order valence-corrected chi connectivity index (χ3v) is 6.95. The Morgan fingerprint density at radius 2 is 1.58 bits per heavy atom. The topological polar surface area (TPSA) is 45.1 Å². The SMILES string of the molecule is O=C(c1ccc(N2N=C(c3ccc(F)cc3)CC2c2cccc3ccccc23)cc1)N1CCOCC1. The van der Waals surface area contributed by atoms with Gasteiger partial charge in [-0.05, 0) is 58.3 Å². The first-order valence-electron chi connectivity index (χ1n) is 12.2. The first-order valence-corrected chi connectivity index (χ1v) is 12.2. The molecule has 1 saturated heterocycles. The van der Waals surface area contributed by atoms with Crippen LogP contribution in [0.25, 0.3) is 10.8 Å². The third kappa shape index (κ3) is 4.25. The lowest BCUT2D eigenvalue weighted by Crippen LogP contribution is -2.40. The molecule has 5 nitrogen and oxygen atoms in total. The molecule has 0 bridgehead atoms. The van der Waals surface area contributed by atoms with Gasteiger partial charge in [-0.3, -0.25) is 9.80 Å². The van der Waals surface area contributed by atoms with Gasteiger partial charge in [0.15, 0.2) is 0 Å². The van der Waals surface area contributed by atoms with E-state index in [1.54, 1.807) is 12.1 Å². The molecule has 0 N–H and O–H groups in total. The van der Waals surface area contributed by atoms with E-state index in [2.05, 4.69) is 36.4 Å². The Bertz CT molecular complexity index is 1420. The summed E-state index contributed by atoms with van der Waals surface area (Å²) in [5, 5.41) is 9.40. The van der Waals surface area contributed by atoms with E-state index in [9.17, 15) is 9.18 Å². The van der Waals surface area contributed by atoms with Crippen LogP contribution in [-0.4, -0.2) is 42.8 Å². The van der Waals surface area contributed by atoms with E-state index >= 15 is 0 Å². The van der Waals surface area contributed by atoms with Crippen LogP contribution in [0.4, 0.5) is 10.1 Å². The number of halogens is 1. The second-order valence-electron chi connectivity index (χ2n) is 9.14. The lowest BCUT2D eigenvalue weighted by molar-refractivity contribution is 0.0303. The lowest BCUT2D eigenvalue weighted by Gasteiger charge is -2.27. The molecule has 180 valence electrons. The number of nitrogens with zero attached hydrogens (tertiary/aromatic N) is 3. The number of carbonyl (C=O) groups excluding carboxylic acids is 1. The van der Waals surface area contributed by atoms with Gasteiger partial charge in [0.1, 0.15) is 5.82 Å². The van der Waals surface area contributed by atoms with Crippen LogP contribution < -0.4 is 5.01 Å². The lowest BCUT2D eigenvalue weighted by atomic mass is 9.94. The number of hydrazone groups is 1. The predicted octanol–water partition coefficient (Wildman–Crippen LogP) is 5.81.